The number of nitrogens with two attached hydrogens (primary N) is 1. The van der Waals surface area contributed by atoms with Gasteiger partial charge in [0.15, 0.2) is 11.6 Å². The van der Waals surface area contributed by atoms with Gasteiger partial charge in [0.25, 0.3) is 0 Å². The van der Waals surface area contributed by atoms with Crippen molar-refractivity contribution >= 4 is 27.4 Å². The summed E-state index contributed by atoms with van der Waals surface area (Å²) in [5.41, 5.74) is 7.81. The van der Waals surface area contributed by atoms with Crippen LogP contribution >= 0.6 is 15.9 Å². The van der Waals surface area contributed by atoms with Gasteiger partial charge in [0.05, 0.1) is 16.4 Å². The number of benzene rings is 1. The molecule has 100 valence electrons. The van der Waals surface area contributed by atoms with E-state index in [4.69, 9.17) is 5.73 Å². The molecule has 19 heavy (non-hydrogen) atoms. The normalized spacial score (nSPS) is 10.5. The molecule has 2 rings (SSSR count). The van der Waals surface area contributed by atoms with Gasteiger partial charge in [0.1, 0.15) is 5.82 Å². The minimum absolute atomic E-state index is 0.339. The van der Waals surface area contributed by atoms with Crippen LogP contribution in [0.5, 0.6) is 0 Å². The number of hydrogen-bond acceptors (Lipinski definition) is 3. The summed E-state index contributed by atoms with van der Waals surface area (Å²) >= 11 is 3.39. The highest BCUT2D eigenvalue weighted by Crippen LogP contribution is 2.27. The van der Waals surface area contributed by atoms with E-state index in [1.54, 1.807) is 6.20 Å². The SMILES string of the molecule is Cc1c(N)cnc(NCc2ccc(F)c(F)c2)c1Br. The molecule has 0 bridgehead atoms. The zero-order valence-electron chi connectivity index (χ0n) is 10.2. The summed E-state index contributed by atoms with van der Waals surface area (Å²) in [6.45, 7) is 2.20. The van der Waals surface area contributed by atoms with Crippen LogP contribution in [0.2, 0.25) is 0 Å². The van der Waals surface area contributed by atoms with E-state index < -0.39 is 11.6 Å². The number of nitrogens with one attached hydrogen (secondary N) is 1. The van der Waals surface area contributed by atoms with E-state index in [1.165, 1.54) is 6.07 Å². The van der Waals surface area contributed by atoms with Crippen molar-refractivity contribution in [3.8, 4) is 0 Å². The lowest BCUT2D eigenvalue weighted by Crippen LogP contribution is -2.05. The smallest absolute Gasteiger partial charge is 0.159 e. The molecule has 0 fully saturated rings. The van der Waals surface area contributed by atoms with Gasteiger partial charge in [0, 0.05) is 6.54 Å². The number of pyridine rings is 1. The molecule has 6 heteroatoms. The summed E-state index contributed by atoms with van der Waals surface area (Å²) in [7, 11) is 0. The molecule has 2 aromatic rings. The van der Waals surface area contributed by atoms with E-state index in [0.717, 1.165) is 22.2 Å². The molecular formula is C13H12BrF2N3. The minimum Gasteiger partial charge on any atom is -0.397 e. The van der Waals surface area contributed by atoms with E-state index in [0.29, 0.717) is 23.6 Å². The van der Waals surface area contributed by atoms with Crippen molar-refractivity contribution in [2.24, 2.45) is 0 Å². The highest BCUT2D eigenvalue weighted by atomic mass is 79.9. The molecule has 0 atom stereocenters. The van der Waals surface area contributed by atoms with Crippen molar-refractivity contribution < 1.29 is 8.78 Å². The van der Waals surface area contributed by atoms with Crippen LogP contribution in [-0.4, -0.2) is 4.98 Å². The molecule has 1 aromatic heterocycles. The number of hydrogen-bond donors (Lipinski definition) is 2. The third-order valence-corrected chi connectivity index (χ3v) is 3.72. The van der Waals surface area contributed by atoms with Gasteiger partial charge in [-0.1, -0.05) is 6.07 Å². The molecule has 0 unspecified atom stereocenters. The molecule has 0 radical (unpaired) electrons. The number of rotatable bonds is 3. The van der Waals surface area contributed by atoms with Crippen LogP contribution in [0.25, 0.3) is 0 Å². The maximum Gasteiger partial charge on any atom is 0.159 e. The maximum absolute atomic E-state index is 13.1. The van der Waals surface area contributed by atoms with Crippen molar-refractivity contribution in [3.63, 3.8) is 0 Å². The van der Waals surface area contributed by atoms with Crippen molar-refractivity contribution in [2.75, 3.05) is 11.1 Å². The van der Waals surface area contributed by atoms with Crippen LogP contribution in [0.1, 0.15) is 11.1 Å². The van der Waals surface area contributed by atoms with Crippen LogP contribution in [0.15, 0.2) is 28.9 Å². The van der Waals surface area contributed by atoms with Gasteiger partial charge in [-0.3, -0.25) is 0 Å². The van der Waals surface area contributed by atoms with Gasteiger partial charge in [0.2, 0.25) is 0 Å². The second-order valence-electron chi connectivity index (χ2n) is 4.10. The number of anilines is 2. The van der Waals surface area contributed by atoms with E-state index in [-0.39, 0.29) is 0 Å². The Balaban J connectivity index is 2.14. The van der Waals surface area contributed by atoms with Crippen molar-refractivity contribution in [3.05, 3.63) is 51.6 Å². The van der Waals surface area contributed by atoms with Crippen molar-refractivity contribution in [2.45, 2.75) is 13.5 Å². The van der Waals surface area contributed by atoms with Gasteiger partial charge in [-0.15, -0.1) is 0 Å². The molecule has 3 nitrogen and oxygen atoms in total. The zero-order valence-corrected chi connectivity index (χ0v) is 11.8. The number of halogens is 3. The lowest BCUT2D eigenvalue weighted by molar-refractivity contribution is 0.507. The third-order valence-electron chi connectivity index (χ3n) is 2.75. The standard InChI is InChI=1S/C13H12BrF2N3/c1-7-11(17)6-19-13(12(7)14)18-5-8-2-3-9(15)10(16)4-8/h2-4,6H,5,17H2,1H3,(H,18,19). The minimum atomic E-state index is -0.861. The zero-order chi connectivity index (χ0) is 14.0. The number of nitrogen functional groups attached to an aromatic ring is 1. The Morgan fingerprint density at radius 1 is 1.32 bits per heavy atom. The Morgan fingerprint density at radius 3 is 2.74 bits per heavy atom. The second kappa shape index (κ2) is 5.52. The molecular weight excluding hydrogens is 316 g/mol. The van der Waals surface area contributed by atoms with Crippen LogP contribution in [0.3, 0.4) is 0 Å². The van der Waals surface area contributed by atoms with E-state index in [2.05, 4.69) is 26.2 Å². The maximum atomic E-state index is 13.1. The van der Waals surface area contributed by atoms with E-state index in [9.17, 15) is 8.78 Å². The summed E-state index contributed by atoms with van der Waals surface area (Å²) in [5.74, 6) is -1.11. The fourth-order valence-corrected chi connectivity index (χ4v) is 2.02. The molecule has 0 aliphatic carbocycles. The molecule has 3 N–H and O–H groups in total. The lowest BCUT2D eigenvalue weighted by atomic mass is 10.2. The lowest BCUT2D eigenvalue weighted by Gasteiger charge is -2.11. The first-order valence-corrected chi connectivity index (χ1v) is 6.36. The van der Waals surface area contributed by atoms with Crippen LogP contribution < -0.4 is 11.1 Å². The molecule has 0 spiro atoms. The van der Waals surface area contributed by atoms with Crippen LogP contribution in [0, 0.1) is 18.6 Å². The highest BCUT2D eigenvalue weighted by molar-refractivity contribution is 9.10. The van der Waals surface area contributed by atoms with Crippen molar-refractivity contribution in [1.82, 2.24) is 4.98 Å². The Morgan fingerprint density at radius 2 is 2.05 bits per heavy atom. The fourth-order valence-electron chi connectivity index (χ4n) is 1.55. The Labute approximate surface area is 118 Å². The third kappa shape index (κ3) is 3.01. The van der Waals surface area contributed by atoms with Gasteiger partial charge in [-0.2, -0.15) is 0 Å². The number of aromatic nitrogens is 1. The molecule has 1 heterocycles. The summed E-state index contributed by atoms with van der Waals surface area (Å²) in [6, 6.07) is 3.77. The van der Waals surface area contributed by atoms with E-state index in [1.807, 2.05) is 6.92 Å². The van der Waals surface area contributed by atoms with Crippen LogP contribution in [-0.2, 0) is 6.54 Å². The first-order chi connectivity index (χ1) is 8.99. The fraction of sp³-hybridized carbons (Fsp3) is 0.154. The Bertz CT molecular complexity index is 617. The van der Waals surface area contributed by atoms with Crippen LogP contribution in [0.4, 0.5) is 20.3 Å². The molecule has 0 aliphatic rings. The van der Waals surface area contributed by atoms with Crippen molar-refractivity contribution in [1.29, 1.82) is 0 Å². The molecule has 0 aliphatic heterocycles. The van der Waals surface area contributed by atoms with Gasteiger partial charge >= 0.3 is 0 Å². The first-order valence-electron chi connectivity index (χ1n) is 5.57. The number of nitrogens with zero attached hydrogens (tertiary/aromatic N) is 1. The Hall–Kier alpha value is -1.69. The molecule has 0 saturated carbocycles. The Kier molecular flexibility index (Phi) is 3.99. The van der Waals surface area contributed by atoms with E-state index >= 15 is 0 Å². The quantitative estimate of drug-likeness (QED) is 0.905. The largest absolute Gasteiger partial charge is 0.397 e. The topological polar surface area (TPSA) is 50.9 Å². The summed E-state index contributed by atoms with van der Waals surface area (Å²) in [6.07, 6.45) is 1.55. The highest BCUT2D eigenvalue weighted by Gasteiger charge is 2.08. The summed E-state index contributed by atoms with van der Waals surface area (Å²) < 4.78 is 26.6. The molecule has 0 saturated heterocycles. The summed E-state index contributed by atoms with van der Waals surface area (Å²) in [4.78, 5) is 4.14. The average molecular weight is 328 g/mol. The van der Waals surface area contributed by atoms with Gasteiger partial charge in [-0.05, 0) is 46.1 Å². The molecule has 0 amide bonds. The summed E-state index contributed by atoms with van der Waals surface area (Å²) in [5, 5.41) is 3.04. The first kappa shape index (κ1) is 13.7. The molecule has 1 aromatic carbocycles. The average Bonchev–Trinajstić information content (AvgIpc) is 2.39. The monoisotopic (exact) mass is 327 g/mol. The van der Waals surface area contributed by atoms with Gasteiger partial charge in [-0.25, -0.2) is 13.8 Å². The second-order valence-corrected chi connectivity index (χ2v) is 4.90. The predicted molar refractivity (Wildman–Crippen MR) is 74.8 cm³/mol. The predicted octanol–water partition coefficient (Wildman–Crippen LogP) is 3.63. The van der Waals surface area contributed by atoms with Gasteiger partial charge < -0.3 is 11.1 Å².